The molecule has 5 aliphatic rings. The molecule has 9 rings (SSSR count). The van der Waals surface area contributed by atoms with Crippen LogP contribution in [0.2, 0.25) is 0 Å². The minimum atomic E-state index is -1.03. The van der Waals surface area contributed by atoms with E-state index in [0.717, 1.165) is 55.1 Å². The molecule has 0 saturated carbocycles. The molecule has 71 heavy (non-hydrogen) atoms. The zero-order chi connectivity index (χ0) is 49.9. The van der Waals surface area contributed by atoms with E-state index in [1.807, 2.05) is 64.4 Å². The van der Waals surface area contributed by atoms with Crippen molar-refractivity contribution in [3.05, 3.63) is 111 Å². The molecule has 0 bridgehead atoms. The number of hydrogen-bond donors (Lipinski definition) is 7. The van der Waals surface area contributed by atoms with Gasteiger partial charge in [-0.25, -0.2) is 14.4 Å². The quantitative estimate of drug-likeness (QED) is 0.0753. The van der Waals surface area contributed by atoms with Crippen LogP contribution in [0.4, 0.5) is 31.4 Å². The Balaban J connectivity index is 0.000000331. The first kappa shape index (κ1) is 51.4. The van der Waals surface area contributed by atoms with Crippen molar-refractivity contribution in [3.63, 3.8) is 0 Å². The van der Waals surface area contributed by atoms with Crippen molar-refractivity contribution in [3.8, 4) is 5.75 Å². The van der Waals surface area contributed by atoms with Crippen molar-refractivity contribution in [1.29, 1.82) is 0 Å². The van der Waals surface area contributed by atoms with Crippen LogP contribution in [0.3, 0.4) is 0 Å². The predicted molar refractivity (Wildman–Crippen MR) is 280 cm³/mol. The molecule has 4 aromatic rings. The molecule has 8 N–H and O–H groups in total. The van der Waals surface area contributed by atoms with Gasteiger partial charge in [0.15, 0.2) is 0 Å². The third kappa shape index (κ3) is 13.1. The molecular formula is C51H64Br2N12O6. The highest BCUT2D eigenvalue weighted by molar-refractivity contribution is 9.11. The van der Waals surface area contributed by atoms with Gasteiger partial charge in [0.1, 0.15) is 17.8 Å². The van der Waals surface area contributed by atoms with Gasteiger partial charge in [-0.3, -0.25) is 14.6 Å². The number of nitrogens with one attached hydrogen (secondary N) is 5. The molecule has 20 heteroatoms. The fraction of sp³-hybridized carbons (Fsp3) is 0.451. The van der Waals surface area contributed by atoms with Crippen molar-refractivity contribution < 1.29 is 29.1 Å². The normalized spacial score (nSPS) is 18.2. The monoisotopic (exact) mass is 1100 g/mol. The number of piperidine rings is 2. The number of fused-ring (bicyclic) bond motifs is 2. The Kier molecular flexibility index (Phi) is 17.7. The Morgan fingerprint density at radius 2 is 1.28 bits per heavy atom. The molecule has 3 saturated heterocycles. The summed E-state index contributed by atoms with van der Waals surface area (Å²) in [7, 11) is 0. The molecule has 0 unspecified atom stereocenters. The van der Waals surface area contributed by atoms with Crippen LogP contribution in [0.5, 0.6) is 5.75 Å². The van der Waals surface area contributed by atoms with E-state index in [1.165, 1.54) is 5.56 Å². The van der Waals surface area contributed by atoms with Gasteiger partial charge in [-0.05, 0) is 150 Å². The van der Waals surface area contributed by atoms with Crippen molar-refractivity contribution in [2.45, 2.75) is 88.6 Å². The number of pyridine rings is 1. The van der Waals surface area contributed by atoms with E-state index < -0.39 is 24.0 Å². The highest BCUT2D eigenvalue weighted by Crippen LogP contribution is 2.34. The molecule has 0 spiro atoms. The van der Waals surface area contributed by atoms with E-state index in [4.69, 9.17) is 5.73 Å². The summed E-state index contributed by atoms with van der Waals surface area (Å²) < 4.78 is 0.870. The van der Waals surface area contributed by atoms with Gasteiger partial charge in [0.2, 0.25) is 11.8 Å². The number of carbonyl (C=O) groups is 5. The average molecular weight is 1100 g/mol. The second-order valence-electron chi connectivity index (χ2n) is 18.6. The Bertz CT molecular complexity index is 2480. The van der Waals surface area contributed by atoms with Crippen LogP contribution in [-0.4, -0.2) is 143 Å². The number of urea groups is 3. The smallest absolute Gasteiger partial charge is 0.322 e. The summed E-state index contributed by atoms with van der Waals surface area (Å²) in [6.45, 7) is 6.84. The Morgan fingerprint density at radius 1 is 0.718 bits per heavy atom. The van der Waals surface area contributed by atoms with E-state index in [0.29, 0.717) is 105 Å². The predicted octanol–water partition coefficient (Wildman–Crippen LogP) is 6.19. The number of aromatic hydroxyl groups is 1. The largest absolute Gasteiger partial charge is 0.506 e. The molecule has 5 aliphatic heterocycles. The first-order valence-corrected chi connectivity index (χ1v) is 26.2. The highest BCUT2D eigenvalue weighted by Gasteiger charge is 2.36. The zero-order valence-corrected chi connectivity index (χ0v) is 43.0. The lowest BCUT2D eigenvalue weighted by Gasteiger charge is -2.40. The number of unbranched alkanes of at least 4 members (excludes halogenated alkanes) is 1. The Labute approximate surface area is 431 Å². The van der Waals surface area contributed by atoms with E-state index in [9.17, 15) is 29.1 Å². The molecule has 6 heterocycles. The Hall–Kier alpha value is -5.96. The number of hydrogen-bond acceptors (Lipinski definition) is 10. The summed E-state index contributed by atoms with van der Waals surface area (Å²) in [6, 6.07) is 21.1. The average Bonchev–Trinajstić information content (AvgIpc) is 3.40. The molecule has 0 radical (unpaired) electrons. The van der Waals surface area contributed by atoms with Gasteiger partial charge in [0.25, 0.3) is 0 Å². The van der Waals surface area contributed by atoms with Crippen LogP contribution >= 0.6 is 31.9 Å². The third-order valence-electron chi connectivity index (χ3n) is 14.0. The Morgan fingerprint density at radius 3 is 1.86 bits per heavy atom. The van der Waals surface area contributed by atoms with E-state index >= 15 is 0 Å². The number of amides is 8. The number of rotatable bonds is 13. The lowest BCUT2D eigenvalue weighted by atomic mass is 10.0. The lowest BCUT2D eigenvalue weighted by molar-refractivity contribution is -0.137. The maximum Gasteiger partial charge on any atom is 0.322 e. The molecule has 0 aliphatic carbocycles. The van der Waals surface area contributed by atoms with Crippen LogP contribution in [0, 0.1) is 0 Å². The van der Waals surface area contributed by atoms with E-state index in [1.54, 1.807) is 34.3 Å². The number of aromatic nitrogens is 1. The number of piperazine rings is 1. The third-order valence-corrected chi connectivity index (χ3v) is 15.2. The minimum Gasteiger partial charge on any atom is -0.506 e. The molecule has 3 aromatic carbocycles. The lowest BCUT2D eigenvalue weighted by Crippen LogP contribution is -2.59. The second kappa shape index (κ2) is 24.4. The van der Waals surface area contributed by atoms with Gasteiger partial charge in [0, 0.05) is 100 Å². The summed E-state index contributed by atoms with van der Waals surface area (Å²) >= 11 is 6.74. The SMILES string of the molecule is NCCCC[C@H](NC(=O)[C@@H](Cc1cc(Br)c(O)c(Br)c1)NC(=O)N1CCC(N2Cc3ccccc3NC2=O)CC1)C(=O)N1CCN(c2ccncc2)CC1.O=C1Nc2ccccc2CN1C1CCNCC1. The zero-order valence-electron chi connectivity index (χ0n) is 39.8. The summed E-state index contributed by atoms with van der Waals surface area (Å²) in [5.74, 6) is -0.628. The standard InChI is InChI=1S/C38H47Br2N9O5.C13H17N3O/c39-29-21-25(22-30(40)34(29)50)23-33(45-37(53)48-15-10-28(11-16-48)49-24-26-5-1-2-6-31(26)44-38(49)54)35(51)43-32(7-3-4-12-41)36(52)47-19-17-46(18-20-47)27-8-13-42-14-9-27;17-13-15-12-4-2-1-3-10(12)9-16(13)11-5-7-14-8-6-11/h1-2,5-6,8-9,13-14,21-22,28,32-33,50H,3-4,7,10-12,15-20,23-24,41H2,(H,43,51)(H,44,54)(H,45,53);1-4,11,14H,5-9H2,(H,15,17)/t32-,33+;/m0./s1. The van der Waals surface area contributed by atoms with E-state index in [2.05, 4.69) is 74.4 Å². The molecule has 3 fully saturated rings. The van der Waals surface area contributed by atoms with Gasteiger partial charge in [0.05, 0.1) is 8.95 Å². The number of halogens is 2. The van der Waals surface area contributed by atoms with Gasteiger partial charge in [-0.1, -0.05) is 36.4 Å². The molecule has 8 amide bonds. The van der Waals surface area contributed by atoms with Crippen LogP contribution in [0.1, 0.15) is 61.6 Å². The van der Waals surface area contributed by atoms with Gasteiger partial charge in [-0.15, -0.1) is 0 Å². The fourth-order valence-electron chi connectivity index (χ4n) is 9.94. The van der Waals surface area contributed by atoms with E-state index in [-0.39, 0.29) is 36.2 Å². The van der Waals surface area contributed by atoms with Crippen molar-refractivity contribution in [2.24, 2.45) is 5.73 Å². The first-order chi connectivity index (χ1) is 34.4. The molecule has 18 nitrogen and oxygen atoms in total. The second-order valence-corrected chi connectivity index (χ2v) is 20.3. The number of phenols is 1. The number of benzene rings is 3. The number of nitrogens with two attached hydrogens (primary N) is 1. The van der Waals surface area contributed by atoms with Crippen molar-refractivity contribution in [2.75, 3.05) is 74.4 Å². The molecule has 2 atom stereocenters. The minimum absolute atomic E-state index is 0.0205. The first-order valence-electron chi connectivity index (χ1n) is 24.6. The van der Waals surface area contributed by atoms with Crippen LogP contribution < -0.4 is 37.2 Å². The van der Waals surface area contributed by atoms with Gasteiger partial charge in [-0.2, -0.15) is 0 Å². The van der Waals surface area contributed by atoms with Gasteiger partial charge < -0.3 is 61.9 Å². The summed E-state index contributed by atoms with van der Waals surface area (Å²) in [5.41, 5.74) is 11.5. The topological polar surface area (TPSA) is 221 Å². The van der Waals surface area contributed by atoms with Crippen LogP contribution in [0.15, 0.2) is 94.1 Å². The summed E-state index contributed by atoms with van der Waals surface area (Å²) in [6.07, 6.45) is 8.63. The van der Waals surface area contributed by atoms with Crippen molar-refractivity contribution >= 4 is 78.8 Å². The number of anilines is 3. The number of nitrogens with zero attached hydrogens (tertiary/aromatic N) is 6. The fourth-order valence-corrected chi connectivity index (χ4v) is 11.2. The van der Waals surface area contributed by atoms with Crippen LogP contribution in [-0.2, 0) is 29.1 Å². The molecule has 378 valence electrons. The number of phenolic OH excluding ortho intramolecular Hbond substituents is 1. The summed E-state index contributed by atoms with van der Waals surface area (Å²) in [5, 5.41) is 25.5. The molecular weight excluding hydrogens is 1040 g/mol. The maximum absolute atomic E-state index is 14.2. The highest BCUT2D eigenvalue weighted by atomic mass is 79.9. The number of carbonyl (C=O) groups excluding carboxylic acids is 5. The number of para-hydroxylation sites is 2. The summed E-state index contributed by atoms with van der Waals surface area (Å²) in [4.78, 5) is 80.5. The van der Waals surface area contributed by atoms with Crippen molar-refractivity contribution in [1.82, 2.24) is 40.5 Å². The van der Waals surface area contributed by atoms with Crippen LogP contribution in [0.25, 0.3) is 0 Å². The maximum atomic E-state index is 14.2. The molecule has 1 aromatic heterocycles. The number of likely N-dealkylation sites (tertiary alicyclic amines) is 1. The van der Waals surface area contributed by atoms with Gasteiger partial charge >= 0.3 is 18.1 Å².